The molecule has 2 N–H and O–H groups in total. The molecular weight excluding hydrogens is 314 g/mol. The van der Waals surface area contributed by atoms with Crippen LogP contribution in [0.5, 0.6) is 0 Å². The number of halogens is 2. The van der Waals surface area contributed by atoms with Crippen molar-refractivity contribution in [1.82, 2.24) is 4.90 Å². The molecule has 1 aliphatic heterocycles. The maximum Gasteiger partial charge on any atom is 0.191 e. The number of nitrogens with zero attached hydrogens (tertiary/aromatic N) is 2. The van der Waals surface area contributed by atoms with Gasteiger partial charge in [0.1, 0.15) is 0 Å². The summed E-state index contributed by atoms with van der Waals surface area (Å²) in [5, 5.41) is 0.778. The third kappa shape index (κ3) is 2.36. The molecule has 0 bridgehead atoms. The van der Waals surface area contributed by atoms with Crippen LogP contribution in [-0.2, 0) is 0 Å². The maximum absolute atomic E-state index is 6.33. The summed E-state index contributed by atoms with van der Waals surface area (Å²) in [6, 6.07) is 6.21. The summed E-state index contributed by atoms with van der Waals surface area (Å²) in [7, 11) is 0. The van der Waals surface area contributed by atoms with Gasteiger partial charge in [-0.25, -0.2) is 0 Å². The molecule has 3 nitrogen and oxygen atoms in total. The zero-order valence-corrected chi connectivity index (χ0v) is 12.3. The Bertz CT molecular complexity index is 499. The number of rotatable bonds is 3. The van der Waals surface area contributed by atoms with E-state index in [9.17, 15) is 0 Å². The van der Waals surface area contributed by atoms with E-state index in [0.29, 0.717) is 12.5 Å². The molecule has 0 saturated heterocycles. The van der Waals surface area contributed by atoms with Crippen LogP contribution < -0.4 is 5.73 Å². The van der Waals surface area contributed by atoms with Crippen molar-refractivity contribution in [3.8, 4) is 0 Å². The molecule has 1 atom stereocenters. The molecule has 1 unspecified atom stereocenters. The van der Waals surface area contributed by atoms with Crippen molar-refractivity contribution >= 4 is 33.5 Å². The molecule has 1 fully saturated rings. The van der Waals surface area contributed by atoms with E-state index in [2.05, 4.69) is 31.9 Å². The SMILES string of the molecule is NC1=NCC(c2ccc(Br)cc2Cl)N1CC1CC1. The predicted molar refractivity (Wildman–Crippen MR) is 77.8 cm³/mol. The second-order valence-corrected chi connectivity index (χ2v) is 6.30. The number of aliphatic imine (C=N–C) groups is 1. The van der Waals surface area contributed by atoms with Crippen LogP contribution in [0.1, 0.15) is 24.4 Å². The molecule has 1 saturated carbocycles. The van der Waals surface area contributed by atoms with E-state index in [1.165, 1.54) is 12.8 Å². The van der Waals surface area contributed by atoms with E-state index >= 15 is 0 Å². The number of hydrogen-bond donors (Lipinski definition) is 1. The molecular formula is C13H15BrClN3. The van der Waals surface area contributed by atoms with Gasteiger partial charge < -0.3 is 10.6 Å². The minimum atomic E-state index is 0.200. The number of guanidine groups is 1. The summed E-state index contributed by atoms with van der Waals surface area (Å²) in [5.74, 6) is 1.44. The molecule has 1 heterocycles. The van der Waals surface area contributed by atoms with Crippen LogP contribution in [0.15, 0.2) is 27.7 Å². The zero-order chi connectivity index (χ0) is 12.7. The summed E-state index contributed by atoms with van der Waals surface area (Å²) < 4.78 is 0.997. The minimum absolute atomic E-state index is 0.200. The lowest BCUT2D eigenvalue weighted by atomic mass is 10.1. The average molecular weight is 329 g/mol. The zero-order valence-electron chi connectivity index (χ0n) is 9.94. The van der Waals surface area contributed by atoms with Crippen LogP contribution in [0.25, 0.3) is 0 Å². The van der Waals surface area contributed by atoms with E-state index in [1.54, 1.807) is 0 Å². The van der Waals surface area contributed by atoms with E-state index in [1.807, 2.05) is 12.1 Å². The molecule has 96 valence electrons. The van der Waals surface area contributed by atoms with Crippen LogP contribution in [-0.4, -0.2) is 23.9 Å². The predicted octanol–water partition coefficient (Wildman–Crippen LogP) is 3.18. The normalized spacial score (nSPS) is 23.3. The Balaban J connectivity index is 1.85. The monoisotopic (exact) mass is 327 g/mol. The van der Waals surface area contributed by atoms with Crippen LogP contribution in [0, 0.1) is 5.92 Å². The lowest BCUT2D eigenvalue weighted by Crippen LogP contribution is -2.37. The van der Waals surface area contributed by atoms with E-state index in [0.717, 1.165) is 27.5 Å². The highest BCUT2D eigenvalue weighted by Crippen LogP contribution is 2.37. The van der Waals surface area contributed by atoms with Crippen LogP contribution in [0.2, 0.25) is 5.02 Å². The molecule has 0 aromatic heterocycles. The van der Waals surface area contributed by atoms with Crippen molar-refractivity contribution in [3.63, 3.8) is 0 Å². The van der Waals surface area contributed by atoms with Gasteiger partial charge in [0.15, 0.2) is 5.96 Å². The van der Waals surface area contributed by atoms with Crippen LogP contribution >= 0.6 is 27.5 Å². The van der Waals surface area contributed by atoms with Crippen LogP contribution in [0.4, 0.5) is 0 Å². The average Bonchev–Trinajstić information content (AvgIpc) is 3.06. The Hall–Kier alpha value is -0.740. The van der Waals surface area contributed by atoms with Gasteiger partial charge >= 0.3 is 0 Å². The second-order valence-electron chi connectivity index (χ2n) is 4.98. The van der Waals surface area contributed by atoms with Gasteiger partial charge in [-0.05, 0) is 36.5 Å². The molecule has 1 aliphatic carbocycles. The van der Waals surface area contributed by atoms with Gasteiger partial charge in [0.05, 0.1) is 12.6 Å². The summed E-state index contributed by atoms with van der Waals surface area (Å²) in [5.41, 5.74) is 7.10. The van der Waals surface area contributed by atoms with Crippen molar-refractivity contribution in [3.05, 3.63) is 33.3 Å². The fraction of sp³-hybridized carbons (Fsp3) is 0.462. The number of benzene rings is 1. The first kappa shape index (κ1) is 12.3. The van der Waals surface area contributed by atoms with Gasteiger partial charge in [0.2, 0.25) is 0 Å². The fourth-order valence-electron chi connectivity index (χ4n) is 2.37. The van der Waals surface area contributed by atoms with Gasteiger partial charge in [-0.1, -0.05) is 33.6 Å². The largest absolute Gasteiger partial charge is 0.370 e. The standard InChI is InChI=1S/C13H15BrClN3/c14-9-3-4-10(11(15)5-9)12-6-17-13(16)18(12)7-8-1-2-8/h3-5,8,12H,1-2,6-7H2,(H2,16,17). The number of nitrogens with two attached hydrogens (primary N) is 1. The topological polar surface area (TPSA) is 41.6 Å². The summed E-state index contributed by atoms with van der Waals surface area (Å²) >= 11 is 9.76. The molecule has 3 rings (SSSR count). The first-order valence-corrected chi connectivity index (χ1v) is 7.34. The molecule has 1 aromatic rings. The van der Waals surface area contributed by atoms with E-state index in [-0.39, 0.29) is 6.04 Å². The molecule has 0 spiro atoms. The lowest BCUT2D eigenvalue weighted by Gasteiger charge is -2.27. The highest BCUT2D eigenvalue weighted by atomic mass is 79.9. The third-order valence-electron chi connectivity index (χ3n) is 3.57. The van der Waals surface area contributed by atoms with Crippen molar-refractivity contribution in [2.45, 2.75) is 18.9 Å². The van der Waals surface area contributed by atoms with Crippen molar-refractivity contribution in [1.29, 1.82) is 0 Å². The summed E-state index contributed by atoms with van der Waals surface area (Å²) in [6.45, 7) is 1.71. The Kier molecular flexibility index (Phi) is 3.24. The van der Waals surface area contributed by atoms with Gasteiger partial charge in [-0.2, -0.15) is 0 Å². The fourth-order valence-corrected chi connectivity index (χ4v) is 3.17. The Labute approximate surface area is 120 Å². The minimum Gasteiger partial charge on any atom is -0.370 e. The van der Waals surface area contributed by atoms with Crippen LogP contribution in [0.3, 0.4) is 0 Å². The molecule has 1 aromatic carbocycles. The lowest BCUT2D eigenvalue weighted by molar-refractivity contribution is 0.334. The highest BCUT2D eigenvalue weighted by Gasteiger charge is 2.33. The molecule has 2 aliphatic rings. The first-order chi connectivity index (χ1) is 8.65. The molecule has 0 radical (unpaired) electrons. The Morgan fingerprint density at radius 3 is 2.89 bits per heavy atom. The smallest absolute Gasteiger partial charge is 0.191 e. The van der Waals surface area contributed by atoms with Gasteiger partial charge in [-0.15, -0.1) is 0 Å². The molecule has 5 heteroatoms. The van der Waals surface area contributed by atoms with E-state index < -0.39 is 0 Å². The molecule has 0 amide bonds. The summed E-state index contributed by atoms with van der Waals surface area (Å²) in [4.78, 5) is 6.57. The highest BCUT2D eigenvalue weighted by molar-refractivity contribution is 9.10. The van der Waals surface area contributed by atoms with Gasteiger partial charge in [0.25, 0.3) is 0 Å². The Morgan fingerprint density at radius 2 is 2.22 bits per heavy atom. The maximum atomic E-state index is 6.33. The van der Waals surface area contributed by atoms with Crippen molar-refractivity contribution in [2.75, 3.05) is 13.1 Å². The van der Waals surface area contributed by atoms with Crippen molar-refractivity contribution < 1.29 is 0 Å². The van der Waals surface area contributed by atoms with Gasteiger partial charge in [-0.3, -0.25) is 4.99 Å². The van der Waals surface area contributed by atoms with Crippen molar-refractivity contribution in [2.24, 2.45) is 16.6 Å². The first-order valence-electron chi connectivity index (χ1n) is 6.16. The molecule has 18 heavy (non-hydrogen) atoms. The summed E-state index contributed by atoms with van der Waals surface area (Å²) in [6.07, 6.45) is 2.62. The number of hydrogen-bond acceptors (Lipinski definition) is 3. The Morgan fingerprint density at radius 1 is 1.44 bits per heavy atom. The third-order valence-corrected chi connectivity index (χ3v) is 4.39. The quantitative estimate of drug-likeness (QED) is 0.926. The van der Waals surface area contributed by atoms with Gasteiger partial charge in [0, 0.05) is 16.0 Å². The van der Waals surface area contributed by atoms with E-state index in [4.69, 9.17) is 17.3 Å². The second kappa shape index (κ2) is 4.74.